The molecule has 0 aliphatic carbocycles. The van der Waals surface area contributed by atoms with Gasteiger partial charge in [0.1, 0.15) is 5.75 Å². The monoisotopic (exact) mass is 415 g/mol. The number of methoxy groups -OCH3 is 1. The fraction of sp³-hybridized carbons (Fsp3) is 0.174. The fourth-order valence-electron chi connectivity index (χ4n) is 3.97. The zero-order valence-corrected chi connectivity index (χ0v) is 17.4. The van der Waals surface area contributed by atoms with E-state index in [0.29, 0.717) is 23.5 Å². The van der Waals surface area contributed by atoms with Crippen molar-refractivity contribution in [1.29, 1.82) is 0 Å². The van der Waals surface area contributed by atoms with Crippen LogP contribution in [-0.2, 0) is 13.6 Å². The van der Waals surface area contributed by atoms with Gasteiger partial charge in [-0.15, -0.1) is 0 Å². The molecular formula is C23H21N5O3. The summed E-state index contributed by atoms with van der Waals surface area (Å²) in [6, 6.07) is 17.5. The van der Waals surface area contributed by atoms with Crippen molar-refractivity contribution >= 4 is 16.9 Å². The second-order valence-corrected chi connectivity index (χ2v) is 7.26. The summed E-state index contributed by atoms with van der Waals surface area (Å²) in [6.45, 7) is 2.07. The van der Waals surface area contributed by atoms with Crippen molar-refractivity contribution in [3.63, 3.8) is 0 Å². The first-order chi connectivity index (χ1) is 15.0. The molecule has 2 aromatic carbocycles. The average molecular weight is 415 g/mol. The van der Waals surface area contributed by atoms with Gasteiger partial charge in [0.15, 0.2) is 11.2 Å². The maximum atomic E-state index is 13.1. The number of imidazole rings is 2. The molecule has 3 heterocycles. The van der Waals surface area contributed by atoms with Crippen LogP contribution >= 0.6 is 0 Å². The van der Waals surface area contributed by atoms with E-state index in [4.69, 9.17) is 9.72 Å². The topological polar surface area (TPSA) is 75.5 Å². The van der Waals surface area contributed by atoms with E-state index in [9.17, 15) is 9.59 Å². The number of ether oxygens (including phenoxy) is 1. The van der Waals surface area contributed by atoms with Crippen molar-refractivity contribution in [1.82, 2.24) is 23.1 Å². The second-order valence-electron chi connectivity index (χ2n) is 7.26. The SMILES string of the molecule is CCn1c(=O)c2c(nc3n(-c4ccc(OC)cc4)c(-c4ccccc4)cn23)n(C)c1=O. The van der Waals surface area contributed by atoms with Crippen molar-refractivity contribution in [3.8, 4) is 22.7 Å². The van der Waals surface area contributed by atoms with Crippen molar-refractivity contribution in [2.45, 2.75) is 13.5 Å². The molecule has 5 aromatic rings. The zero-order valence-electron chi connectivity index (χ0n) is 17.4. The molecule has 8 nitrogen and oxygen atoms in total. The fourth-order valence-corrected chi connectivity index (χ4v) is 3.97. The number of hydrogen-bond donors (Lipinski definition) is 0. The molecule has 0 aliphatic rings. The highest BCUT2D eigenvalue weighted by atomic mass is 16.5. The Labute approximate surface area is 177 Å². The van der Waals surface area contributed by atoms with Gasteiger partial charge < -0.3 is 4.74 Å². The van der Waals surface area contributed by atoms with E-state index in [1.807, 2.05) is 65.4 Å². The smallest absolute Gasteiger partial charge is 0.332 e. The van der Waals surface area contributed by atoms with Crippen molar-refractivity contribution < 1.29 is 4.74 Å². The molecule has 0 fully saturated rings. The summed E-state index contributed by atoms with van der Waals surface area (Å²) in [5.74, 6) is 1.30. The lowest BCUT2D eigenvalue weighted by molar-refractivity contribution is 0.415. The Bertz CT molecular complexity index is 1540. The van der Waals surface area contributed by atoms with Crippen LogP contribution in [0.3, 0.4) is 0 Å². The summed E-state index contributed by atoms with van der Waals surface area (Å²) in [6.07, 6.45) is 1.90. The molecule has 0 unspecified atom stereocenters. The molecule has 8 heteroatoms. The van der Waals surface area contributed by atoms with Crippen LogP contribution < -0.4 is 16.0 Å². The standard InChI is InChI=1S/C23H21N5O3/c1-4-26-21(29)19-20(25(2)23(26)30)24-22-27(19)14-18(15-8-6-5-7-9-15)28(22)16-10-12-17(31-3)13-11-16/h5-14H,4H2,1-3H3. The Kier molecular flexibility index (Phi) is 4.28. The molecule has 0 saturated carbocycles. The summed E-state index contributed by atoms with van der Waals surface area (Å²) in [7, 11) is 3.26. The van der Waals surface area contributed by atoms with Gasteiger partial charge in [-0.2, -0.15) is 4.98 Å². The minimum atomic E-state index is -0.375. The van der Waals surface area contributed by atoms with Crippen LogP contribution in [-0.4, -0.2) is 30.2 Å². The number of fused-ring (bicyclic) bond motifs is 3. The molecule has 0 amide bonds. The molecule has 0 bridgehead atoms. The highest BCUT2D eigenvalue weighted by Crippen LogP contribution is 2.29. The van der Waals surface area contributed by atoms with Crippen LogP contribution in [0.5, 0.6) is 5.75 Å². The largest absolute Gasteiger partial charge is 0.497 e. The highest BCUT2D eigenvalue weighted by Gasteiger charge is 2.22. The molecule has 156 valence electrons. The van der Waals surface area contributed by atoms with E-state index in [1.165, 1.54) is 9.13 Å². The van der Waals surface area contributed by atoms with Crippen LogP contribution in [0.25, 0.3) is 33.9 Å². The van der Waals surface area contributed by atoms with Gasteiger partial charge in [-0.25, -0.2) is 4.79 Å². The Morgan fingerprint density at radius 1 is 1.00 bits per heavy atom. The van der Waals surface area contributed by atoms with Crippen LogP contribution in [0.4, 0.5) is 0 Å². The van der Waals surface area contributed by atoms with Crippen LogP contribution in [0, 0.1) is 0 Å². The molecule has 0 N–H and O–H groups in total. The number of nitrogens with zero attached hydrogens (tertiary/aromatic N) is 5. The summed E-state index contributed by atoms with van der Waals surface area (Å²) >= 11 is 0. The summed E-state index contributed by atoms with van der Waals surface area (Å²) in [5.41, 5.74) is 2.74. The molecule has 5 rings (SSSR count). The van der Waals surface area contributed by atoms with E-state index in [0.717, 1.165) is 22.7 Å². The molecule has 0 atom stereocenters. The van der Waals surface area contributed by atoms with Crippen molar-refractivity contribution in [2.75, 3.05) is 7.11 Å². The third-order valence-electron chi connectivity index (χ3n) is 5.57. The van der Waals surface area contributed by atoms with E-state index >= 15 is 0 Å². The third-order valence-corrected chi connectivity index (χ3v) is 5.57. The number of rotatable bonds is 4. The molecule has 3 aromatic heterocycles. The van der Waals surface area contributed by atoms with Gasteiger partial charge in [0, 0.05) is 31.0 Å². The van der Waals surface area contributed by atoms with Gasteiger partial charge in [-0.05, 0) is 31.2 Å². The first-order valence-corrected chi connectivity index (χ1v) is 9.98. The quantitative estimate of drug-likeness (QED) is 0.452. The number of aromatic nitrogens is 5. The normalized spacial score (nSPS) is 11.5. The molecule has 31 heavy (non-hydrogen) atoms. The number of aryl methyl sites for hydroxylation is 1. The maximum Gasteiger partial charge on any atom is 0.332 e. The molecule has 0 aliphatic heterocycles. The first-order valence-electron chi connectivity index (χ1n) is 9.98. The van der Waals surface area contributed by atoms with Crippen LogP contribution in [0.15, 0.2) is 70.4 Å². The summed E-state index contributed by atoms with van der Waals surface area (Å²) in [5, 5.41) is 0. The predicted molar refractivity (Wildman–Crippen MR) is 119 cm³/mol. The maximum absolute atomic E-state index is 13.1. The van der Waals surface area contributed by atoms with Gasteiger partial charge in [-0.1, -0.05) is 30.3 Å². The molecule has 0 spiro atoms. The zero-order chi connectivity index (χ0) is 21.7. The highest BCUT2D eigenvalue weighted by molar-refractivity contribution is 5.79. The minimum absolute atomic E-state index is 0.291. The average Bonchev–Trinajstić information content (AvgIpc) is 3.35. The van der Waals surface area contributed by atoms with Crippen molar-refractivity contribution in [3.05, 3.63) is 81.6 Å². The molecular weight excluding hydrogens is 394 g/mol. The first kappa shape index (κ1) is 18.9. The third kappa shape index (κ3) is 2.72. The Morgan fingerprint density at radius 3 is 2.35 bits per heavy atom. The Hall–Kier alpha value is -4.07. The van der Waals surface area contributed by atoms with Gasteiger partial charge in [0.2, 0.25) is 5.78 Å². The predicted octanol–water partition coefficient (Wildman–Crippen LogP) is 2.83. The molecule has 0 radical (unpaired) electrons. The van der Waals surface area contributed by atoms with Crippen LogP contribution in [0.2, 0.25) is 0 Å². The second kappa shape index (κ2) is 7.02. The van der Waals surface area contributed by atoms with Crippen molar-refractivity contribution in [2.24, 2.45) is 7.05 Å². The lowest BCUT2D eigenvalue weighted by Crippen LogP contribution is -2.38. The van der Waals surface area contributed by atoms with Gasteiger partial charge >= 0.3 is 5.69 Å². The molecule has 0 saturated heterocycles. The number of hydrogen-bond acceptors (Lipinski definition) is 4. The van der Waals surface area contributed by atoms with E-state index in [1.54, 1.807) is 25.5 Å². The number of benzene rings is 2. The minimum Gasteiger partial charge on any atom is -0.497 e. The van der Waals surface area contributed by atoms with Gasteiger partial charge in [-0.3, -0.25) is 22.9 Å². The van der Waals surface area contributed by atoms with Gasteiger partial charge in [0.05, 0.1) is 12.8 Å². The summed E-state index contributed by atoms with van der Waals surface area (Å²) in [4.78, 5) is 30.5. The van der Waals surface area contributed by atoms with Crippen LogP contribution in [0.1, 0.15) is 6.92 Å². The van der Waals surface area contributed by atoms with Gasteiger partial charge in [0.25, 0.3) is 5.56 Å². The lowest BCUT2D eigenvalue weighted by atomic mass is 10.1. The Balaban J connectivity index is 1.93. The lowest BCUT2D eigenvalue weighted by Gasteiger charge is -2.10. The van der Waals surface area contributed by atoms with E-state index in [2.05, 4.69) is 0 Å². The van der Waals surface area contributed by atoms with E-state index in [-0.39, 0.29) is 11.2 Å². The Morgan fingerprint density at radius 2 is 1.71 bits per heavy atom. The van der Waals surface area contributed by atoms with E-state index < -0.39 is 0 Å². The summed E-state index contributed by atoms with van der Waals surface area (Å²) < 4.78 is 11.7.